The minimum atomic E-state index is -2.12. The Hall–Kier alpha value is -0.848. The van der Waals surface area contributed by atoms with Crippen LogP contribution in [0.2, 0.25) is 18.1 Å². The summed E-state index contributed by atoms with van der Waals surface area (Å²) in [4.78, 5) is 0. The zero-order valence-corrected chi connectivity index (χ0v) is 17.4. The third kappa shape index (κ3) is 3.56. The van der Waals surface area contributed by atoms with E-state index in [1.165, 1.54) is 6.07 Å². The van der Waals surface area contributed by atoms with Crippen LogP contribution in [0.15, 0.2) is 18.2 Å². The van der Waals surface area contributed by atoms with Gasteiger partial charge in [0.05, 0.1) is 11.2 Å². The van der Waals surface area contributed by atoms with Crippen molar-refractivity contribution in [1.29, 1.82) is 0 Å². The Balaban J connectivity index is 2.31. The lowest BCUT2D eigenvalue weighted by atomic mass is 9.79. The Kier molecular flexibility index (Phi) is 4.75. The van der Waals surface area contributed by atoms with Gasteiger partial charge in [0.15, 0.2) is 5.82 Å². The first-order valence-electron chi connectivity index (χ1n) is 8.50. The van der Waals surface area contributed by atoms with Gasteiger partial charge in [0.25, 0.3) is 8.32 Å². The van der Waals surface area contributed by atoms with Crippen LogP contribution >= 0.6 is 0 Å². The number of benzene rings is 1. The van der Waals surface area contributed by atoms with Crippen molar-refractivity contribution in [2.24, 2.45) is 0 Å². The molecule has 1 aliphatic heterocycles. The molecular formula is C18H30BFO3Si. The average molecular weight is 352 g/mol. The largest absolute Gasteiger partial charge is 0.542 e. The lowest BCUT2D eigenvalue weighted by Gasteiger charge is -2.36. The Morgan fingerprint density at radius 2 is 1.54 bits per heavy atom. The molecular weight excluding hydrogens is 322 g/mol. The van der Waals surface area contributed by atoms with Crippen LogP contribution in [0.25, 0.3) is 0 Å². The summed E-state index contributed by atoms with van der Waals surface area (Å²) in [5.41, 5.74) is -0.0669. The van der Waals surface area contributed by atoms with Crippen molar-refractivity contribution in [2.75, 3.05) is 0 Å². The van der Waals surface area contributed by atoms with Crippen molar-refractivity contribution in [3.05, 3.63) is 24.0 Å². The normalized spacial score (nSPS) is 20.3. The fourth-order valence-corrected chi connectivity index (χ4v) is 3.16. The molecule has 1 aromatic carbocycles. The average Bonchev–Trinajstić information content (AvgIpc) is 2.59. The summed E-state index contributed by atoms with van der Waals surface area (Å²) >= 11 is 0. The van der Waals surface area contributed by atoms with Gasteiger partial charge in [0.2, 0.25) is 0 Å². The molecule has 1 heterocycles. The predicted octanol–water partition coefficient (Wildman–Crippen LogP) is 4.51. The highest BCUT2D eigenvalue weighted by molar-refractivity contribution is 6.74. The first-order valence-corrected chi connectivity index (χ1v) is 11.4. The van der Waals surface area contributed by atoms with Crippen molar-refractivity contribution in [2.45, 2.75) is 77.8 Å². The van der Waals surface area contributed by atoms with Crippen LogP contribution in [0.5, 0.6) is 5.75 Å². The Bertz CT molecular complexity index is 607. The van der Waals surface area contributed by atoms with Gasteiger partial charge in [-0.3, -0.25) is 0 Å². The van der Waals surface area contributed by atoms with Gasteiger partial charge >= 0.3 is 7.12 Å². The molecule has 134 valence electrons. The van der Waals surface area contributed by atoms with Gasteiger partial charge in [-0.25, -0.2) is 4.39 Å². The number of halogens is 1. The maximum absolute atomic E-state index is 14.3. The number of hydrogen-bond acceptors (Lipinski definition) is 3. The molecule has 2 rings (SSSR count). The van der Waals surface area contributed by atoms with E-state index in [0.717, 1.165) is 5.46 Å². The van der Waals surface area contributed by atoms with Crippen LogP contribution in [0.3, 0.4) is 0 Å². The first kappa shape index (κ1) is 19.5. The van der Waals surface area contributed by atoms with Crippen LogP contribution in [-0.2, 0) is 9.31 Å². The minimum Gasteiger partial charge on any atom is -0.542 e. The van der Waals surface area contributed by atoms with Crippen LogP contribution in [0, 0.1) is 5.82 Å². The summed E-state index contributed by atoms with van der Waals surface area (Å²) in [6, 6.07) is 4.86. The van der Waals surface area contributed by atoms with E-state index in [1.807, 2.05) is 27.7 Å². The first-order chi connectivity index (χ1) is 10.7. The van der Waals surface area contributed by atoms with E-state index < -0.39 is 26.6 Å². The number of hydrogen-bond donors (Lipinski definition) is 0. The molecule has 0 N–H and O–H groups in total. The molecule has 0 aliphatic carbocycles. The summed E-state index contributed by atoms with van der Waals surface area (Å²) < 4.78 is 32.6. The SMILES string of the molecule is CC1(C)OB(c2ccc(F)c(O[Si](C)(C)C(C)(C)C)c2)OC1(C)C. The van der Waals surface area contributed by atoms with Gasteiger partial charge in [-0.2, -0.15) is 0 Å². The zero-order valence-electron chi connectivity index (χ0n) is 16.4. The molecule has 1 saturated heterocycles. The van der Waals surface area contributed by atoms with Crippen molar-refractivity contribution < 1.29 is 18.1 Å². The zero-order chi connectivity index (χ0) is 18.6. The topological polar surface area (TPSA) is 27.7 Å². The van der Waals surface area contributed by atoms with Crippen LogP contribution < -0.4 is 9.89 Å². The van der Waals surface area contributed by atoms with E-state index in [-0.39, 0.29) is 16.6 Å². The fourth-order valence-electron chi connectivity index (χ4n) is 2.15. The highest BCUT2D eigenvalue weighted by atomic mass is 28.4. The van der Waals surface area contributed by atoms with Gasteiger partial charge in [-0.1, -0.05) is 26.8 Å². The molecule has 3 nitrogen and oxygen atoms in total. The molecule has 0 bridgehead atoms. The highest BCUT2D eigenvalue weighted by Crippen LogP contribution is 2.39. The van der Waals surface area contributed by atoms with Crippen molar-refractivity contribution in [1.82, 2.24) is 0 Å². The van der Waals surface area contributed by atoms with Gasteiger partial charge in [-0.15, -0.1) is 0 Å². The van der Waals surface area contributed by atoms with E-state index in [9.17, 15) is 4.39 Å². The lowest BCUT2D eigenvalue weighted by Crippen LogP contribution is -2.44. The van der Waals surface area contributed by atoms with E-state index >= 15 is 0 Å². The van der Waals surface area contributed by atoms with Gasteiger partial charge in [0, 0.05) is 0 Å². The second kappa shape index (κ2) is 5.85. The third-order valence-electron chi connectivity index (χ3n) is 5.65. The molecule has 0 radical (unpaired) electrons. The van der Waals surface area contributed by atoms with Crippen molar-refractivity contribution >= 4 is 20.9 Å². The second-order valence-corrected chi connectivity index (χ2v) is 13.9. The fraction of sp³-hybridized carbons (Fsp3) is 0.667. The molecule has 6 heteroatoms. The molecule has 0 atom stereocenters. The smallest absolute Gasteiger partial charge is 0.494 e. The standard InChI is InChI=1S/C18H30BFO3Si/c1-16(2,3)24(8,9)21-15-12-13(10-11-14(15)20)19-22-17(4,5)18(6,7)23-19/h10-12H,1-9H3. The monoisotopic (exact) mass is 352 g/mol. The summed E-state index contributed by atoms with van der Waals surface area (Å²) in [5, 5.41) is -0.000213. The van der Waals surface area contributed by atoms with Crippen molar-refractivity contribution in [3.8, 4) is 5.75 Å². The van der Waals surface area contributed by atoms with Gasteiger partial charge in [0.1, 0.15) is 5.75 Å². The number of rotatable bonds is 3. The van der Waals surface area contributed by atoms with E-state index in [2.05, 4.69) is 33.9 Å². The Labute approximate surface area is 147 Å². The van der Waals surface area contributed by atoms with Crippen LogP contribution in [0.4, 0.5) is 4.39 Å². The molecule has 24 heavy (non-hydrogen) atoms. The molecule has 1 aromatic rings. The quantitative estimate of drug-likeness (QED) is 0.749. The Morgan fingerprint density at radius 3 is 2.00 bits per heavy atom. The molecule has 1 aliphatic rings. The molecule has 0 saturated carbocycles. The molecule has 0 spiro atoms. The summed E-state index contributed by atoms with van der Waals surface area (Å²) in [7, 11) is -2.63. The molecule has 1 fully saturated rings. The third-order valence-corrected chi connectivity index (χ3v) is 9.99. The molecule has 0 aromatic heterocycles. The Morgan fingerprint density at radius 1 is 1.04 bits per heavy atom. The molecule has 0 amide bonds. The minimum absolute atomic E-state index is 0.000213. The predicted molar refractivity (Wildman–Crippen MR) is 99.9 cm³/mol. The van der Waals surface area contributed by atoms with E-state index in [0.29, 0.717) is 0 Å². The summed E-state index contributed by atoms with van der Waals surface area (Å²) in [6.45, 7) is 18.6. The van der Waals surface area contributed by atoms with E-state index in [1.54, 1.807) is 12.1 Å². The summed E-state index contributed by atoms with van der Waals surface area (Å²) in [5.74, 6) is -0.0612. The lowest BCUT2D eigenvalue weighted by molar-refractivity contribution is 0.00578. The van der Waals surface area contributed by atoms with Crippen molar-refractivity contribution in [3.63, 3.8) is 0 Å². The van der Waals surface area contributed by atoms with Gasteiger partial charge in [-0.05, 0) is 63.4 Å². The van der Waals surface area contributed by atoms with Gasteiger partial charge < -0.3 is 13.7 Å². The maximum atomic E-state index is 14.3. The van der Waals surface area contributed by atoms with Crippen LogP contribution in [0.1, 0.15) is 48.5 Å². The second-order valence-electron chi connectivity index (χ2n) is 9.14. The van der Waals surface area contributed by atoms with Crippen LogP contribution in [-0.4, -0.2) is 26.6 Å². The summed E-state index contributed by atoms with van der Waals surface area (Å²) in [6.07, 6.45) is 0. The highest BCUT2D eigenvalue weighted by Gasteiger charge is 2.52. The molecule has 0 unspecified atom stereocenters. The van der Waals surface area contributed by atoms with E-state index in [4.69, 9.17) is 13.7 Å². The maximum Gasteiger partial charge on any atom is 0.494 e.